The normalized spacial score (nSPS) is 10.7. The van der Waals surface area contributed by atoms with Crippen LogP contribution in [0, 0.1) is 18.3 Å². The first kappa shape index (κ1) is 23.5. The van der Waals surface area contributed by atoms with E-state index in [2.05, 4.69) is 0 Å². The molecule has 7 heteroatoms. The third-order valence-electron chi connectivity index (χ3n) is 4.15. The van der Waals surface area contributed by atoms with Gasteiger partial charge in [0.2, 0.25) is 0 Å². The molecule has 0 heterocycles. The van der Waals surface area contributed by atoms with Gasteiger partial charge in [-0.15, -0.1) is 0 Å². The van der Waals surface area contributed by atoms with Gasteiger partial charge in [0.25, 0.3) is 0 Å². The fraction of sp³-hybridized carbons (Fsp3) is 0.292. The first-order valence-electron chi connectivity index (χ1n) is 9.84. The molecule has 0 saturated carbocycles. The SMILES string of the molecule is CCOC(=O)C(C#N)=Cc1ccc(OC(=O)CCCOc2ccc(C)cc2)c(OC)c1. The lowest BCUT2D eigenvalue weighted by Gasteiger charge is -2.10. The molecule has 2 aromatic rings. The van der Waals surface area contributed by atoms with Crippen LogP contribution in [0.1, 0.15) is 30.9 Å². The van der Waals surface area contributed by atoms with Gasteiger partial charge >= 0.3 is 11.9 Å². The predicted octanol–water partition coefficient (Wildman–Crippen LogP) is 4.24. The number of rotatable bonds is 10. The summed E-state index contributed by atoms with van der Waals surface area (Å²) in [6.45, 7) is 4.23. The fourth-order valence-corrected chi connectivity index (χ4v) is 2.59. The number of carbonyl (C=O) groups excluding carboxylic acids is 2. The molecule has 2 rings (SSSR count). The summed E-state index contributed by atoms with van der Waals surface area (Å²) in [7, 11) is 1.44. The quantitative estimate of drug-likeness (QED) is 0.185. The van der Waals surface area contributed by atoms with Gasteiger partial charge in [-0.2, -0.15) is 5.26 Å². The van der Waals surface area contributed by atoms with Crippen molar-refractivity contribution in [1.82, 2.24) is 0 Å². The van der Waals surface area contributed by atoms with E-state index in [9.17, 15) is 9.59 Å². The lowest BCUT2D eigenvalue weighted by Crippen LogP contribution is -2.10. The van der Waals surface area contributed by atoms with Gasteiger partial charge in [0.05, 0.1) is 20.3 Å². The largest absolute Gasteiger partial charge is 0.494 e. The minimum atomic E-state index is -0.702. The maximum Gasteiger partial charge on any atom is 0.348 e. The first-order chi connectivity index (χ1) is 15.0. The summed E-state index contributed by atoms with van der Waals surface area (Å²) in [5, 5.41) is 9.14. The average molecular weight is 423 g/mol. The molecular weight excluding hydrogens is 398 g/mol. The second-order valence-corrected chi connectivity index (χ2v) is 6.54. The number of aryl methyl sites for hydroxylation is 1. The standard InChI is InChI=1S/C24H25NO6/c1-4-29-24(27)19(16-25)14-18-9-12-21(22(15-18)28-3)31-23(26)6-5-13-30-20-10-7-17(2)8-11-20/h7-12,14-15H,4-6,13H2,1-3H3. The molecule has 162 valence electrons. The van der Waals surface area contributed by atoms with Crippen LogP contribution in [0.4, 0.5) is 0 Å². The van der Waals surface area contributed by atoms with E-state index in [0.717, 1.165) is 11.3 Å². The summed E-state index contributed by atoms with van der Waals surface area (Å²) in [4.78, 5) is 23.9. The number of hydrogen-bond acceptors (Lipinski definition) is 7. The molecule has 0 radical (unpaired) electrons. The molecule has 31 heavy (non-hydrogen) atoms. The van der Waals surface area contributed by atoms with Crippen molar-refractivity contribution in [2.75, 3.05) is 20.3 Å². The summed E-state index contributed by atoms with van der Waals surface area (Å²) in [6, 6.07) is 14.2. The van der Waals surface area contributed by atoms with Crippen molar-refractivity contribution in [1.29, 1.82) is 5.26 Å². The van der Waals surface area contributed by atoms with Crippen LogP contribution in [0.3, 0.4) is 0 Å². The summed E-state index contributed by atoms with van der Waals surface area (Å²) in [6.07, 6.45) is 2.06. The molecule has 0 saturated heterocycles. The van der Waals surface area contributed by atoms with Crippen molar-refractivity contribution in [3.05, 3.63) is 59.2 Å². The highest BCUT2D eigenvalue weighted by Gasteiger charge is 2.13. The van der Waals surface area contributed by atoms with E-state index in [4.69, 9.17) is 24.2 Å². The fourth-order valence-electron chi connectivity index (χ4n) is 2.59. The Bertz CT molecular complexity index is 973. The third-order valence-corrected chi connectivity index (χ3v) is 4.15. The summed E-state index contributed by atoms with van der Waals surface area (Å²) < 4.78 is 21.1. The number of nitrogens with zero attached hydrogens (tertiary/aromatic N) is 1. The van der Waals surface area contributed by atoms with E-state index < -0.39 is 11.9 Å². The zero-order chi connectivity index (χ0) is 22.6. The van der Waals surface area contributed by atoms with Crippen molar-refractivity contribution in [3.8, 4) is 23.3 Å². The van der Waals surface area contributed by atoms with Crippen LogP contribution in [-0.2, 0) is 14.3 Å². The van der Waals surface area contributed by atoms with Gasteiger partial charge in [0.1, 0.15) is 17.4 Å². The van der Waals surface area contributed by atoms with Gasteiger partial charge in [0.15, 0.2) is 11.5 Å². The molecule has 0 unspecified atom stereocenters. The number of esters is 2. The predicted molar refractivity (Wildman–Crippen MR) is 115 cm³/mol. The maximum absolute atomic E-state index is 12.2. The van der Waals surface area contributed by atoms with E-state index in [-0.39, 0.29) is 24.4 Å². The van der Waals surface area contributed by atoms with Crippen LogP contribution in [0.15, 0.2) is 48.0 Å². The van der Waals surface area contributed by atoms with E-state index in [1.165, 1.54) is 13.2 Å². The average Bonchev–Trinajstić information content (AvgIpc) is 2.77. The van der Waals surface area contributed by atoms with E-state index in [0.29, 0.717) is 24.3 Å². The molecule has 0 bridgehead atoms. The monoisotopic (exact) mass is 423 g/mol. The lowest BCUT2D eigenvalue weighted by molar-refractivity contribution is -0.138. The number of hydrogen-bond donors (Lipinski definition) is 0. The summed E-state index contributed by atoms with van der Waals surface area (Å²) in [5.74, 6) is 0.187. The van der Waals surface area contributed by atoms with Crippen LogP contribution < -0.4 is 14.2 Å². The Balaban J connectivity index is 1.93. The molecule has 0 aromatic heterocycles. The maximum atomic E-state index is 12.2. The van der Waals surface area contributed by atoms with Crippen LogP contribution in [0.5, 0.6) is 17.2 Å². The van der Waals surface area contributed by atoms with Gasteiger partial charge < -0.3 is 18.9 Å². The molecule has 7 nitrogen and oxygen atoms in total. The molecule has 0 amide bonds. The Labute approximate surface area is 181 Å². The lowest BCUT2D eigenvalue weighted by atomic mass is 10.1. The number of nitriles is 1. The van der Waals surface area contributed by atoms with Gasteiger partial charge in [-0.05, 0) is 56.2 Å². The molecular formula is C24H25NO6. The van der Waals surface area contributed by atoms with Gasteiger partial charge in [0, 0.05) is 6.42 Å². The van der Waals surface area contributed by atoms with Crippen molar-refractivity contribution < 1.29 is 28.5 Å². The topological polar surface area (TPSA) is 94.9 Å². The highest BCUT2D eigenvalue weighted by molar-refractivity contribution is 5.98. The number of methoxy groups -OCH3 is 1. The molecule has 0 fully saturated rings. The minimum Gasteiger partial charge on any atom is -0.494 e. The van der Waals surface area contributed by atoms with Gasteiger partial charge in [-0.1, -0.05) is 23.8 Å². The molecule has 2 aromatic carbocycles. The van der Waals surface area contributed by atoms with Crippen LogP contribution in [-0.4, -0.2) is 32.3 Å². The van der Waals surface area contributed by atoms with Crippen molar-refractivity contribution >= 4 is 18.0 Å². The van der Waals surface area contributed by atoms with Crippen molar-refractivity contribution in [2.45, 2.75) is 26.7 Å². The van der Waals surface area contributed by atoms with Gasteiger partial charge in [-0.3, -0.25) is 4.79 Å². The number of carbonyl (C=O) groups is 2. The van der Waals surface area contributed by atoms with Crippen molar-refractivity contribution in [2.24, 2.45) is 0 Å². The molecule has 0 N–H and O–H groups in total. The summed E-state index contributed by atoms with van der Waals surface area (Å²) >= 11 is 0. The van der Waals surface area contributed by atoms with Crippen LogP contribution >= 0.6 is 0 Å². The second-order valence-electron chi connectivity index (χ2n) is 6.54. The van der Waals surface area contributed by atoms with Crippen molar-refractivity contribution in [3.63, 3.8) is 0 Å². The van der Waals surface area contributed by atoms with Crippen LogP contribution in [0.25, 0.3) is 6.08 Å². The van der Waals surface area contributed by atoms with E-state index in [1.54, 1.807) is 25.1 Å². The smallest absolute Gasteiger partial charge is 0.348 e. The Hall–Kier alpha value is -3.79. The molecule has 0 spiro atoms. The summed E-state index contributed by atoms with van der Waals surface area (Å²) in [5.41, 5.74) is 1.55. The first-order valence-corrected chi connectivity index (χ1v) is 9.84. The molecule has 0 aliphatic carbocycles. The Morgan fingerprint density at radius 1 is 1.10 bits per heavy atom. The zero-order valence-electron chi connectivity index (χ0n) is 17.8. The zero-order valence-corrected chi connectivity index (χ0v) is 17.8. The Kier molecular flexibility index (Phi) is 9.12. The minimum absolute atomic E-state index is 0.137. The highest BCUT2D eigenvalue weighted by Crippen LogP contribution is 2.29. The van der Waals surface area contributed by atoms with Gasteiger partial charge in [-0.25, -0.2) is 4.79 Å². The van der Waals surface area contributed by atoms with E-state index >= 15 is 0 Å². The van der Waals surface area contributed by atoms with Crippen LogP contribution in [0.2, 0.25) is 0 Å². The molecule has 0 aliphatic rings. The third kappa shape index (κ3) is 7.52. The molecule has 0 aliphatic heterocycles. The second kappa shape index (κ2) is 12.0. The number of ether oxygens (including phenoxy) is 4. The number of benzene rings is 2. The molecule has 0 atom stereocenters. The highest BCUT2D eigenvalue weighted by atomic mass is 16.6. The Morgan fingerprint density at radius 3 is 2.48 bits per heavy atom. The van der Waals surface area contributed by atoms with E-state index in [1.807, 2.05) is 37.3 Å². The Morgan fingerprint density at radius 2 is 1.84 bits per heavy atom.